The maximum absolute atomic E-state index is 13.0. The number of benzene rings is 1. The van der Waals surface area contributed by atoms with Crippen LogP contribution in [0.2, 0.25) is 0 Å². The van der Waals surface area contributed by atoms with Gasteiger partial charge >= 0.3 is 0 Å². The van der Waals surface area contributed by atoms with E-state index in [1.807, 2.05) is 12.1 Å². The Morgan fingerprint density at radius 2 is 1.89 bits per heavy atom. The first-order valence-corrected chi connectivity index (χ1v) is 7.16. The Balaban J connectivity index is 2.16. The lowest BCUT2D eigenvalue weighted by Gasteiger charge is -2.31. The molecule has 1 saturated heterocycles. The summed E-state index contributed by atoms with van der Waals surface area (Å²) in [6, 6.07) is 7.58. The summed E-state index contributed by atoms with van der Waals surface area (Å²) in [5.74, 6) is 0.550. The molecule has 0 spiro atoms. The van der Waals surface area contributed by atoms with E-state index >= 15 is 0 Å². The summed E-state index contributed by atoms with van der Waals surface area (Å²) in [5, 5.41) is 0. The van der Waals surface area contributed by atoms with Crippen molar-refractivity contribution in [2.45, 2.75) is 45.6 Å². The Labute approximate surface area is 110 Å². The van der Waals surface area contributed by atoms with E-state index in [0.717, 1.165) is 6.54 Å². The number of likely N-dealkylation sites (tertiary alicyclic amines) is 1. The lowest BCUT2D eigenvalue weighted by Crippen LogP contribution is -2.32. The van der Waals surface area contributed by atoms with E-state index < -0.39 is 0 Å². The Hall–Kier alpha value is -0.890. The molecule has 0 aromatic heterocycles. The summed E-state index contributed by atoms with van der Waals surface area (Å²) in [6.45, 7) is 6.86. The molecule has 2 rings (SSSR count). The molecule has 1 aliphatic rings. The molecule has 1 unspecified atom stereocenters. The van der Waals surface area contributed by atoms with Crippen LogP contribution in [0.3, 0.4) is 0 Å². The molecule has 0 amide bonds. The number of rotatable bonds is 3. The van der Waals surface area contributed by atoms with Gasteiger partial charge in [-0.25, -0.2) is 4.39 Å². The van der Waals surface area contributed by atoms with Gasteiger partial charge in [0.15, 0.2) is 0 Å². The van der Waals surface area contributed by atoms with Crippen LogP contribution < -0.4 is 0 Å². The molecule has 0 bridgehead atoms. The fourth-order valence-electron chi connectivity index (χ4n) is 2.92. The van der Waals surface area contributed by atoms with Crippen molar-refractivity contribution >= 4 is 0 Å². The third kappa shape index (κ3) is 3.55. The molecule has 1 heterocycles. The van der Waals surface area contributed by atoms with Crippen molar-refractivity contribution in [1.29, 1.82) is 0 Å². The highest BCUT2D eigenvalue weighted by Crippen LogP contribution is 2.30. The van der Waals surface area contributed by atoms with Crippen LogP contribution in [0, 0.1) is 11.7 Å². The maximum Gasteiger partial charge on any atom is 0.123 e. The SMILES string of the molecule is CC(C)CN1CCCCCC1c1ccc(F)cc1. The first-order valence-electron chi connectivity index (χ1n) is 7.16. The number of nitrogens with zero attached hydrogens (tertiary/aromatic N) is 1. The minimum absolute atomic E-state index is 0.136. The van der Waals surface area contributed by atoms with Crippen LogP contribution in [0.15, 0.2) is 24.3 Å². The van der Waals surface area contributed by atoms with Gasteiger partial charge in [-0.05, 0) is 43.0 Å². The van der Waals surface area contributed by atoms with Crippen LogP contribution in [0.25, 0.3) is 0 Å². The minimum Gasteiger partial charge on any atom is -0.296 e. The molecule has 0 radical (unpaired) electrons. The van der Waals surface area contributed by atoms with Gasteiger partial charge in [0.1, 0.15) is 5.82 Å². The predicted molar refractivity (Wildman–Crippen MR) is 74.0 cm³/mol. The van der Waals surface area contributed by atoms with Crippen LogP contribution in [0.5, 0.6) is 0 Å². The van der Waals surface area contributed by atoms with Gasteiger partial charge in [-0.15, -0.1) is 0 Å². The second-order valence-electron chi connectivity index (χ2n) is 5.81. The van der Waals surface area contributed by atoms with Gasteiger partial charge in [0, 0.05) is 12.6 Å². The molecule has 1 fully saturated rings. The molecule has 0 saturated carbocycles. The molecule has 1 atom stereocenters. The lowest BCUT2D eigenvalue weighted by atomic mass is 10.00. The lowest BCUT2D eigenvalue weighted by molar-refractivity contribution is 0.179. The van der Waals surface area contributed by atoms with E-state index in [1.165, 1.54) is 37.8 Å². The number of hydrogen-bond acceptors (Lipinski definition) is 1. The monoisotopic (exact) mass is 249 g/mol. The fraction of sp³-hybridized carbons (Fsp3) is 0.625. The Bertz CT molecular complexity index is 358. The van der Waals surface area contributed by atoms with Crippen molar-refractivity contribution in [1.82, 2.24) is 4.90 Å². The third-order valence-electron chi connectivity index (χ3n) is 3.72. The van der Waals surface area contributed by atoms with Crippen molar-refractivity contribution in [3.8, 4) is 0 Å². The number of hydrogen-bond donors (Lipinski definition) is 0. The molecule has 1 aromatic rings. The van der Waals surface area contributed by atoms with Crippen LogP contribution >= 0.6 is 0 Å². The van der Waals surface area contributed by atoms with Gasteiger partial charge in [0.05, 0.1) is 0 Å². The van der Waals surface area contributed by atoms with Crippen LogP contribution in [-0.2, 0) is 0 Å². The van der Waals surface area contributed by atoms with E-state index in [4.69, 9.17) is 0 Å². The summed E-state index contributed by atoms with van der Waals surface area (Å²) in [5.41, 5.74) is 1.28. The van der Waals surface area contributed by atoms with E-state index in [9.17, 15) is 4.39 Å². The zero-order valence-electron chi connectivity index (χ0n) is 11.5. The van der Waals surface area contributed by atoms with E-state index in [2.05, 4.69) is 18.7 Å². The molecule has 1 aromatic carbocycles. The maximum atomic E-state index is 13.0. The summed E-state index contributed by atoms with van der Waals surface area (Å²) in [7, 11) is 0. The van der Waals surface area contributed by atoms with Gasteiger partial charge in [-0.3, -0.25) is 4.90 Å². The molecule has 0 N–H and O–H groups in total. The molecule has 0 aliphatic carbocycles. The molecule has 1 aliphatic heterocycles. The van der Waals surface area contributed by atoms with Crippen LogP contribution in [0.1, 0.15) is 51.1 Å². The van der Waals surface area contributed by atoms with Gasteiger partial charge in [-0.1, -0.05) is 38.8 Å². The molecule has 18 heavy (non-hydrogen) atoms. The van der Waals surface area contributed by atoms with Gasteiger partial charge in [-0.2, -0.15) is 0 Å². The molecule has 2 heteroatoms. The smallest absolute Gasteiger partial charge is 0.123 e. The highest BCUT2D eigenvalue weighted by Gasteiger charge is 2.22. The normalized spacial score (nSPS) is 22.1. The van der Waals surface area contributed by atoms with E-state index in [1.54, 1.807) is 12.1 Å². The van der Waals surface area contributed by atoms with Crippen molar-refractivity contribution in [2.75, 3.05) is 13.1 Å². The summed E-state index contributed by atoms with van der Waals surface area (Å²) < 4.78 is 13.0. The second kappa shape index (κ2) is 6.33. The van der Waals surface area contributed by atoms with Gasteiger partial charge in [0.25, 0.3) is 0 Å². The molecular formula is C16H24FN. The summed E-state index contributed by atoms with van der Waals surface area (Å²) in [4.78, 5) is 2.59. The van der Waals surface area contributed by atoms with Gasteiger partial charge in [0.2, 0.25) is 0 Å². The molecular weight excluding hydrogens is 225 g/mol. The molecule has 100 valence electrons. The minimum atomic E-state index is -0.136. The van der Waals surface area contributed by atoms with E-state index in [0.29, 0.717) is 12.0 Å². The first kappa shape index (κ1) is 13.5. The standard InChI is InChI=1S/C16H24FN/c1-13(2)12-18-11-5-3-4-6-16(18)14-7-9-15(17)10-8-14/h7-10,13,16H,3-6,11-12H2,1-2H3. The quantitative estimate of drug-likeness (QED) is 0.767. The largest absolute Gasteiger partial charge is 0.296 e. The van der Waals surface area contributed by atoms with Crippen molar-refractivity contribution in [3.05, 3.63) is 35.6 Å². The summed E-state index contributed by atoms with van der Waals surface area (Å²) in [6.07, 6.45) is 5.12. The average Bonchev–Trinajstić information content (AvgIpc) is 2.55. The zero-order valence-corrected chi connectivity index (χ0v) is 11.5. The number of halogens is 1. The Morgan fingerprint density at radius 3 is 2.56 bits per heavy atom. The summed E-state index contributed by atoms with van der Waals surface area (Å²) >= 11 is 0. The van der Waals surface area contributed by atoms with Crippen LogP contribution in [-0.4, -0.2) is 18.0 Å². The third-order valence-corrected chi connectivity index (χ3v) is 3.72. The van der Waals surface area contributed by atoms with Crippen molar-refractivity contribution in [2.24, 2.45) is 5.92 Å². The topological polar surface area (TPSA) is 3.24 Å². The fourth-order valence-corrected chi connectivity index (χ4v) is 2.92. The average molecular weight is 249 g/mol. The highest BCUT2D eigenvalue weighted by molar-refractivity contribution is 5.20. The van der Waals surface area contributed by atoms with Crippen molar-refractivity contribution < 1.29 is 4.39 Å². The Morgan fingerprint density at radius 1 is 1.17 bits per heavy atom. The van der Waals surface area contributed by atoms with E-state index in [-0.39, 0.29) is 5.82 Å². The Kier molecular flexibility index (Phi) is 4.76. The predicted octanol–water partition coefficient (Wildman–Crippen LogP) is 4.40. The molecule has 1 nitrogen and oxygen atoms in total. The van der Waals surface area contributed by atoms with Crippen molar-refractivity contribution in [3.63, 3.8) is 0 Å². The first-order chi connectivity index (χ1) is 8.66. The zero-order chi connectivity index (χ0) is 13.0. The highest BCUT2D eigenvalue weighted by atomic mass is 19.1. The van der Waals surface area contributed by atoms with Gasteiger partial charge < -0.3 is 0 Å². The van der Waals surface area contributed by atoms with Crippen LogP contribution in [0.4, 0.5) is 4.39 Å². The second-order valence-corrected chi connectivity index (χ2v) is 5.81.